The van der Waals surface area contributed by atoms with Crippen molar-refractivity contribution in [3.05, 3.63) is 18.0 Å². The summed E-state index contributed by atoms with van der Waals surface area (Å²) in [5.74, 6) is -0.534. The van der Waals surface area contributed by atoms with Gasteiger partial charge < -0.3 is 15.5 Å². The zero-order chi connectivity index (χ0) is 14.3. The summed E-state index contributed by atoms with van der Waals surface area (Å²) >= 11 is 0. The van der Waals surface area contributed by atoms with Crippen molar-refractivity contribution in [3.63, 3.8) is 0 Å². The Bertz CT molecular complexity index is 394. The molecule has 0 unspecified atom stereocenters. The Hall–Kier alpha value is -1.73. The third-order valence-corrected chi connectivity index (χ3v) is 2.51. The van der Waals surface area contributed by atoms with Crippen LogP contribution >= 0.6 is 0 Å². The average Bonchev–Trinajstić information content (AvgIpc) is 2.37. The molecule has 2 atom stereocenters. The lowest BCUT2D eigenvalue weighted by molar-refractivity contribution is -0.142. The highest BCUT2D eigenvalue weighted by Crippen LogP contribution is 2.02. The van der Waals surface area contributed by atoms with Crippen molar-refractivity contribution in [2.75, 3.05) is 11.9 Å². The van der Waals surface area contributed by atoms with Gasteiger partial charge in [0.15, 0.2) is 0 Å². The Morgan fingerprint density at radius 3 is 2.53 bits per heavy atom. The summed E-state index contributed by atoms with van der Waals surface area (Å²) in [6.07, 6.45) is 3.27. The van der Waals surface area contributed by atoms with E-state index in [1.54, 1.807) is 12.4 Å². The molecule has 1 rings (SSSR count). The molecule has 7 nitrogen and oxygen atoms in total. The summed E-state index contributed by atoms with van der Waals surface area (Å²) in [6, 6.07) is -1.00. The zero-order valence-corrected chi connectivity index (χ0v) is 11.1. The minimum Gasteiger partial charge on any atom is -0.480 e. The Labute approximate surface area is 112 Å². The molecular weight excluding hydrogens is 248 g/mol. The number of hydrogen-bond donors (Lipinski definition) is 4. The standard InChI is InChI=1S/C12H20N4O3/c1-3-4-13-12-15-6-9(7-16-12)5-14-10(8(2)17)11(18)19/h6-8,10,14,17H,3-5H2,1-2H3,(H,18,19)(H,13,15,16)/t8-,10+/m0/s1. The van der Waals surface area contributed by atoms with Crippen LogP contribution in [0.25, 0.3) is 0 Å². The number of carboxylic acid groups (broad SMARTS) is 1. The van der Waals surface area contributed by atoms with Crippen LogP contribution in [0.4, 0.5) is 5.95 Å². The highest BCUT2D eigenvalue weighted by molar-refractivity contribution is 5.74. The SMILES string of the molecule is CCCNc1ncc(CN[C@@H](C(=O)O)[C@H](C)O)cn1. The molecule has 1 heterocycles. The summed E-state index contributed by atoms with van der Waals surface area (Å²) in [5.41, 5.74) is 0.758. The number of carboxylic acids is 1. The van der Waals surface area contributed by atoms with E-state index in [0.29, 0.717) is 5.95 Å². The number of aliphatic hydroxyl groups is 1. The van der Waals surface area contributed by atoms with Gasteiger partial charge in [0.1, 0.15) is 6.04 Å². The van der Waals surface area contributed by atoms with E-state index in [0.717, 1.165) is 18.5 Å². The van der Waals surface area contributed by atoms with E-state index in [2.05, 4.69) is 20.6 Å². The van der Waals surface area contributed by atoms with E-state index in [9.17, 15) is 9.90 Å². The number of nitrogens with zero attached hydrogens (tertiary/aromatic N) is 2. The smallest absolute Gasteiger partial charge is 0.323 e. The molecule has 106 valence electrons. The van der Waals surface area contributed by atoms with Gasteiger partial charge in [0.2, 0.25) is 5.95 Å². The third-order valence-electron chi connectivity index (χ3n) is 2.51. The predicted octanol–water partition coefficient (Wildman–Crippen LogP) is 0.222. The molecule has 1 aromatic rings. The van der Waals surface area contributed by atoms with Gasteiger partial charge in [-0.05, 0) is 13.3 Å². The van der Waals surface area contributed by atoms with Crippen molar-refractivity contribution in [1.82, 2.24) is 15.3 Å². The van der Waals surface area contributed by atoms with Crippen molar-refractivity contribution < 1.29 is 15.0 Å². The second-order valence-corrected chi connectivity index (χ2v) is 4.28. The van der Waals surface area contributed by atoms with Gasteiger partial charge >= 0.3 is 5.97 Å². The third kappa shape index (κ3) is 5.19. The first-order chi connectivity index (χ1) is 9.04. The topological polar surface area (TPSA) is 107 Å². The molecule has 0 aromatic carbocycles. The number of anilines is 1. The van der Waals surface area contributed by atoms with Crippen LogP contribution in [0.3, 0.4) is 0 Å². The largest absolute Gasteiger partial charge is 0.480 e. The summed E-state index contributed by atoms with van der Waals surface area (Å²) < 4.78 is 0. The number of aliphatic hydroxyl groups excluding tert-OH is 1. The van der Waals surface area contributed by atoms with Crippen molar-refractivity contribution in [2.45, 2.75) is 39.0 Å². The van der Waals surface area contributed by atoms with Crippen LogP contribution in [0.15, 0.2) is 12.4 Å². The molecule has 0 saturated carbocycles. The van der Waals surface area contributed by atoms with Crippen molar-refractivity contribution >= 4 is 11.9 Å². The van der Waals surface area contributed by atoms with Gasteiger partial charge in [-0.25, -0.2) is 9.97 Å². The molecule has 0 amide bonds. The van der Waals surface area contributed by atoms with Crippen LogP contribution in [0, 0.1) is 0 Å². The molecule has 0 bridgehead atoms. The molecular formula is C12H20N4O3. The Morgan fingerprint density at radius 1 is 1.42 bits per heavy atom. The minimum atomic E-state index is -1.09. The van der Waals surface area contributed by atoms with E-state index in [4.69, 9.17) is 5.11 Å². The van der Waals surface area contributed by atoms with Gasteiger partial charge in [-0.3, -0.25) is 10.1 Å². The normalized spacial score (nSPS) is 13.8. The van der Waals surface area contributed by atoms with E-state index >= 15 is 0 Å². The van der Waals surface area contributed by atoms with Gasteiger partial charge in [-0.15, -0.1) is 0 Å². The maximum Gasteiger partial charge on any atom is 0.323 e. The van der Waals surface area contributed by atoms with Crippen LogP contribution in [0.1, 0.15) is 25.8 Å². The Balaban J connectivity index is 2.51. The minimum absolute atomic E-state index is 0.288. The van der Waals surface area contributed by atoms with Crippen LogP contribution in [0.2, 0.25) is 0 Å². The Kier molecular flexibility index (Phi) is 6.17. The molecule has 7 heteroatoms. The van der Waals surface area contributed by atoms with Crippen LogP contribution in [-0.2, 0) is 11.3 Å². The van der Waals surface area contributed by atoms with Gasteiger partial charge in [-0.2, -0.15) is 0 Å². The van der Waals surface area contributed by atoms with Crippen LogP contribution < -0.4 is 10.6 Å². The van der Waals surface area contributed by atoms with Crippen LogP contribution in [0.5, 0.6) is 0 Å². The molecule has 0 aliphatic rings. The second kappa shape index (κ2) is 7.65. The van der Waals surface area contributed by atoms with E-state index in [-0.39, 0.29) is 6.54 Å². The summed E-state index contributed by atoms with van der Waals surface area (Å²) in [4.78, 5) is 19.1. The van der Waals surface area contributed by atoms with Gasteiger partial charge in [0.05, 0.1) is 6.10 Å². The number of hydrogen-bond acceptors (Lipinski definition) is 6. The molecule has 1 aromatic heterocycles. The van der Waals surface area contributed by atoms with Crippen molar-refractivity contribution in [2.24, 2.45) is 0 Å². The number of carbonyl (C=O) groups is 1. The molecule has 0 spiro atoms. The first-order valence-electron chi connectivity index (χ1n) is 6.23. The van der Waals surface area contributed by atoms with Crippen molar-refractivity contribution in [3.8, 4) is 0 Å². The fourth-order valence-corrected chi connectivity index (χ4v) is 1.47. The molecule has 0 fully saturated rings. The lowest BCUT2D eigenvalue weighted by Gasteiger charge is -2.16. The fourth-order valence-electron chi connectivity index (χ4n) is 1.47. The first-order valence-corrected chi connectivity index (χ1v) is 6.23. The quantitative estimate of drug-likeness (QED) is 0.534. The zero-order valence-electron chi connectivity index (χ0n) is 11.1. The Morgan fingerprint density at radius 2 is 2.05 bits per heavy atom. The molecule has 4 N–H and O–H groups in total. The van der Waals surface area contributed by atoms with Crippen LogP contribution in [-0.4, -0.2) is 44.8 Å². The lowest BCUT2D eigenvalue weighted by atomic mass is 10.2. The first kappa shape index (κ1) is 15.3. The highest BCUT2D eigenvalue weighted by atomic mass is 16.4. The van der Waals surface area contributed by atoms with Gasteiger partial charge in [0.25, 0.3) is 0 Å². The molecule has 19 heavy (non-hydrogen) atoms. The monoisotopic (exact) mass is 268 g/mol. The summed E-state index contributed by atoms with van der Waals surface area (Å²) in [5, 5.41) is 24.0. The summed E-state index contributed by atoms with van der Waals surface area (Å²) in [7, 11) is 0. The maximum atomic E-state index is 10.9. The summed E-state index contributed by atoms with van der Waals surface area (Å²) in [6.45, 7) is 4.57. The molecule has 0 aliphatic carbocycles. The molecule has 0 saturated heterocycles. The lowest BCUT2D eigenvalue weighted by Crippen LogP contribution is -2.44. The number of aromatic nitrogens is 2. The van der Waals surface area contributed by atoms with Gasteiger partial charge in [0, 0.05) is 31.0 Å². The predicted molar refractivity (Wildman–Crippen MR) is 70.8 cm³/mol. The number of aliphatic carboxylic acids is 1. The van der Waals surface area contributed by atoms with E-state index < -0.39 is 18.1 Å². The molecule has 0 aliphatic heterocycles. The number of nitrogens with one attached hydrogen (secondary N) is 2. The number of rotatable bonds is 8. The van der Waals surface area contributed by atoms with Crippen molar-refractivity contribution in [1.29, 1.82) is 0 Å². The second-order valence-electron chi connectivity index (χ2n) is 4.28. The molecule has 0 radical (unpaired) electrons. The maximum absolute atomic E-state index is 10.9. The van der Waals surface area contributed by atoms with E-state index in [1.165, 1.54) is 6.92 Å². The average molecular weight is 268 g/mol. The van der Waals surface area contributed by atoms with E-state index in [1.807, 2.05) is 6.92 Å². The highest BCUT2D eigenvalue weighted by Gasteiger charge is 2.21. The van der Waals surface area contributed by atoms with Gasteiger partial charge in [-0.1, -0.05) is 6.92 Å². The fraction of sp³-hybridized carbons (Fsp3) is 0.583.